The Bertz CT molecular complexity index is 2180. The van der Waals surface area contributed by atoms with Crippen LogP contribution in [0.15, 0.2) is 95.8 Å². The first-order valence-electron chi connectivity index (χ1n) is 19.8. The number of anilines is 1. The number of benzene rings is 2. The first-order valence-corrected chi connectivity index (χ1v) is 19.8. The second-order valence-electron chi connectivity index (χ2n) is 15.8. The Morgan fingerprint density at radius 3 is 2.32 bits per heavy atom. The second kappa shape index (κ2) is 16.8. The Morgan fingerprint density at radius 1 is 0.930 bits per heavy atom. The first-order chi connectivity index (χ1) is 27.2. The average molecular weight is 773 g/mol. The summed E-state index contributed by atoms with van der Waals surface area (Å²) >= 11 is 0. The number of fused-ring (bicyclic) bond motifs is 2. The van der Waals surface area contributed by atoms with Crippen LogP contribution in [-0.4, -0.2) is 60.2 Å². The zero-order valence-electron chi connectivity index (χ0n) is 34.4. The van der Waals surface area contributed by atoms with E-state index in [0.717, 1.165) is 55.0 Å². The third-order valence-corrected chi connectivity index (χ3v) is 11.2. The molecule has 2 aromatic carbocycles. The Labute approximate surface area is 335 Å². The Morgan fingerprint density at radius 2 is 1.65 bits per heavy atom. The quantitative estimate of drug-likeness (QED) is 0.0714. The molecule has 298 valence electrons. The van der Waals surface area contributed by atoms with E-state index in [9.17, 15) is 19.2 Å². The van der Waals surface area contributed by atoms with Crippen LogP contribution in [0.1, 0.15) is 110 Å². The van der Waals surface area contributed by atoms with Crippen molar-refractivity contribution in [1.82, 2.24) is 10.1 Å². The van der Waals surface area contributed by atoms with E-state index in [1.807, 2.05) is 36.5 Å². The normalized spacial score (nSPS) is 19.2. The van der Waals surface area contributed by atoms with Gasteiger partial charge in [-0.05, 0) is 99.5 Å². The van der Waals surface area contributed by atoms with Crippen molar-refractivity contribution in [3.63, 3.8) is 0 Å². The van der Waals surface area contributed by atoms with E-state index >= 15 is 0 Å². The highest BCUT2D eigenvalue weighted by atomic mass is 16.7. The van der Waals surface area contributed by atoms with Gasteiger partial charge in [-0.3, -0.25) is 19.2 Å². The van der Waals surface area contributed by atoms with Crippen LogP contribution in [0.5, 0.6) is 0 Å². The summed E-state index contributed by atoms with van der Waals surface area (Å²) in [5.74, 6) is -1.09. The first kappa shape index (κ1) is 41.0. The molecule has 11 heteroatoms. The second-order valence-corrected chi connectivity index (χ2v) is 15.8. The molecule has 3 aliphatic heterocycles. The largest absolute Gasteiger partial charge is 0.363 e. The third kappa shape index (κ3) is 8.12. The molecule has 0 spiro atoms. The van der Waals surface area contributed by atoms with Gasteiger partial charge in [-0.1, -0.05) is 68.3 Å². The molecule has 3 aromatic rings. The van der Waals surface area contributed by atoms with Gasteiger partial charge >= 0.3 is 11.8 Å². The van der Waals surface area contributed by atoms with Crippen LogP contribution in [0.2, 0.25) is 0 Å². The van der Waals surface area contributed by atoms with E-state index < -0.39 is 28.6 Å². The number of carbonyl (C=O) groups excluding carboxylic acids is 4. The van der Waals surface area contributed by atoms with Crippen LogP contribution in [0.4, 0.5) is 11.5 Å². The van der Waals surface area contributed by atoms with E-state index in [2.05, 4.69) is 87.4 Å². The molecule has 1 unspecified atom stereocenters. The van der Waals surface area contributed by atoms with Crippen molar-refractivity contribution < 1.29 is 33.4 Å². The lowest BCUT2D eigenvalue weighted by Gasteiger charge is -2.30. The van der Waals surface area contributed by atoms with Crippen molar-refractivity contribution >= 4 is 40.9 Å². The van der Waals surface area contributed by atoms with Crippen molar-refractivity contribution in [3.8, 4) is 0 Å². The van der Waals surface area contributed by atoms with E-state index in [1.54, 1.807) is 19.2 Å². The monoisotopic (exact) mass is 772 g/mol. The lowest BCUT2D eigenvalue weighted by atomic mass is 9.76. The fraction of sp³-hybridized carbons (Fsp3) is 0.391. The molecule has 11 nitrogen and oxygen atoms in total. The van der Waals surface area contributed by atoms with Gasteiger partial charge in [0.2, 0.25) is 0 Å². The van der Waals surface area contributed by atoms with Gasteiger partial charge in [0, 0.05) is 43.2 Å². The Balaban J connectivity index is 1.27. The molecule has 3 aliphatic rings. The van der Waals surface area contributed by atoms with Crippen LogP contribution in [-0.2, 0) is 43.1 Å². The number of rotatable bonds is 14. The van der Waals surface area contributed by atoms with Gasteiger partial charge in [0.25, 0.3) is 17.7 Å². The van der Waals surface area contributed by atoms with Crippen LogP contribution in [0.25, 0.3) is 0 Å². The number of aliphatic imine (C=N–C) groups is 1. The minimum Gasteiger partial charge on any atom is -0.344 e. The highest BCUT2D eigenvalue weighted by Gasteiger charge is 2.44. The molecular weight excluding hydrogens is 719 g/mol. The van der Waals surface area contributed by atoms with Gasteiger partial charge in [-0.15, -0.1) is 5.06 Å². The van der Waals surface area contributed by atoms with Crippen molar-refractivity contribution in [2.24, 2.45) is 4.99 Å². The maximum Gasteiger partial charge on any atom is 0.363 e. The van der Waals surface area contributed by atoms with E-state index in [-0.39, 0.29) is 24.3 Å². The van der Waals surface area contributed by atoms with Gasteiger partial charge in [-0.2, -0.15) is 0 Å². The van der Waals surface area contributed by atoms with Gasteiger partial charge in [0.05, 0.1) is 35.8 Å². The molecule has 1 saturated heterocycles. The molecule has 1 fully saturated rings. The van der Waals surface area contributed by atoms with Crippen LogP contribution >= 0.6 is 0 Å². The molecular formula is C46H54N5O6+. The topological polar surface area (TPSA) is 113 Å². The summed E-state index contributed by atoms with van der Waals surface area (Å²) < 4.78 is 2.10. The fourth-order valence-electron chi connectivity index (χ4n) is 7.88. The highest BCUT2D eigenvalue weighted by Crippen LogP contribution is 2.50. The summed E-state index contributed by atoms with van der Waals surface area (Å²) in [6, 6.07) is 15.8. The predicted octanol–water partition coefficient (Wildman–Crippen LogP) is 7.73. The molecule has 1 atom stereocenters. The Hall–Kier alpha value is -5.68. The van der Waals surface area contributed by atoms with Crippen LogP contribution in [0, 0.1) is 6.92 Å². The number of imide groups is 1. The lowest BCUT2D eigenvalue weighted by Crippen LogP contribution is -2.38. The minimum atomic E-state index is -0.743. The summed E-state index contributed by atoms with van der Waals surface area (Å²) in [7, 11) is 3.10. The number of nitrogens with zero attached hydrogens (tertiary/aromatic N) is 5. The van der Waals surface area contributed by atoms with E-state index in [4.69, 9.17) is 14.7 Å². The summed E-state index contributed by atoms with van der Waals surface area (Å²) in [4.78, 5) is 67.8. The summed E-state index contributed by atoms with van der Waals surface area (Å²) in [6.45, 7) is 14.6. The maximum absolute atomic E-state index is 13.1. The molecule has 3 amide bonds. The van der Waals surface area contributed by atoms with Gasteiger partial charge in [-0.25, -0.2) is 14.4 Å². The van der Waals surface area contributed by atoms with Gasteiger partial charge < -0.3 is 9.74 Å². The number of hydrogen-bond donors (Lipinski definition) is 0. The number of aryl methyl sites for hydroxylation is 2. The van der Waals surface area contributed by atoms with Crippen molar-refractivity contribution in [2.75, 3.05) is 25.6 Å². The van der Waals surface area contributed by atoms with Crippen LogP contribution in [0.3, 0.4) is 0 Å². The number of carbonyl (C=O) groups is 4. The predicted molar refractivity (Wildman–Crippen MR) is 220 cm³/mol. The average Bonchev–Trinajstić information content (AvgIpc) is 3.73. The zero-order valence-corrected chi connectivity index (χ0v) is 34.4. The number of pyridine rings is 1. The summed E-state index contributed by atoms with van der Waals surface area (Å²) in [5, 5.41) is 1.82. The molecule has 0 saturated carbocycles. The number of amides is 3. The SMILES string of the molecule is CCCC[n+]1cc(C(=O)N(C)OC)cc2c1N=C(/C=C/C=C/C=C1/N(CCC)c3ccc(C)cc3C1(C)Cc1ccc(C(=O)ON3C(=O)CCC3=O)cc1)C2(C)C. The van der Waals surface area contributed by atoms with Crippen molar-refractivity contribution in [1.29, 1.82) is 0 Å². The fourth-order valence-corrected chi connectivity index (χ4v) is 7.88. The highest BCUT2D eigenvalue weighted by molar-refractivity contribution is 6.08. The minimum absolute atomic E-state index is 0.0432. The number of hydroxylamine groups is 4. The molecule has 0 aliphatic carbocycles. The van der Waals surface area contributed by atoms with Crippen LogP contribution < -0.4 is 9.47 Å². The van der Waals surface area contributed by atoms with Gasteiger partial charge in [0.1, 0.15) is 6.20 Å². The standard InChI is InChI=1S/C46H54N5O6/c1-9-11-26-49-30-34(43(54)48(7)56-8)28-36-42(49)47-38(45(36,4)5)15-13-12-14-16-39-46(6,35-27-31(3)17-22-37(35)50(39)25-10-2)29-32-18-20-33(21-19-32)44(55)57-51-40(52)23-24-41(51)53/h12-22,27-28,30H,9-11,23-26,29H2,1-8H3/q+1. The number of allylic oxidation sites excluding steroid dienone is 6. The molecule has 0 N–H and O–H groups in total. The smallest absolute Gasteiger partial charge is 0.344 e. The number of aromatic nitrogens is 1. The zero-order chi connectivity index (χ0) is 41.1. The molecule has 4 heterocycles. The number of unbranched alkanes of at least 4 members (excludes halogenated alkanes) is 1. The van der Waals surface area contributed by atoms with E-state index in [0.29, 0.717) is 17.0 Å². The van der Waals surface area contributed by atoms with Gasteiger partial charge in [0.15, 0.2) is 5.71 Å². The summed E-state index contributed by atoms with van der Waals surface area (Å²) in [5.41, 5.74) is 7.74. The molecule has 0 radical (unpaired) electrons. The van der Waals surface area contributed by atoms with Crippen molar-refractivity contribution in [3.05, 3.63) is 124 Å². The van der Waals surface area contributed by atoms with Crippen molar-refractivity contribution in [2.45, 2.75) is 97.4 Å². The lowest BCUT2D eigenvalue weighted by molar-refractivity contribution is -0.684. The molecule has 57 heavy (non-hydrogen) atoms. The molecule has 0 bridgehead atoms. The van der Waals surface area contributed by atoms with E-state index in [1.165, 1.54) is 34.7 Å². The number of hydrogen-bond acceptors (Lipinski definition) is 8. The Kier molecular flexibility index (Phi) is 12.1. The molecule has 6 rings (SSSR count). The molecule has 1 aromatic heterocycles. The third-order valence-electron chi connectivity index (χ3n) is 11.2. The maximum atomic E-state index is 13.1. The summed E-state index contributed by atoms with van der Waals surface area (Å²) in [6.07, 6.45) is 16.0.